The summed E-state index contributed by atoms with van der Waals surface area (Å²) < 4.78 is 29.9. The van der Waals surface area contributed by atoms with Crippen molar-refractivity contribution in [1.29, 1.82) is 0 Å². The molecule has 4 rings (SSSR count). The molecule has 148 valence electrons. The lowest BCUT2D eigenvalue weighted by Crippen LogP contribution is -2.13. The van der Waals surface area contributed by atoms with E-state index in [9.17, 15) is 13.5 Å². The second-order valence-corrected chi connectivity index (χ2v) is 9.11. The third kappa shape index (κ3) is 3.76. The number of benzene rings is 3. The monoisotopic (exact) mass is 427 g/mol. The number of sulfonamides is 1. The topological polar surface area (TPSA) is 110 Å². The normalized spacial score (nSPS) is 11.7. The molecule has 0 atom stereocenters. The average molecular weight is 428 g/mol. The molecule has 0 spiro atoms. The first-order valence-corrected chi connectivity index (χ1v) is 10.9. The van der Waals surface area contributed by atoms with Crippen molar-refractivity contribution in [2.24, 2.45) is 7.05 Å². The first-order chi connectivity index (χ1) is 13.8. The van der Waals surface area contributed by atoms with E-state index in [-0.39, 0.29) is 10.6 Å². The highest BCUT2D eigenvalue weighted by Crippen LogP contribution is 2.42. The Morgan fingerprint density at radius 1 is 1.07 bits per heavy atom. The number of fused-ring (bicyclic) bond motifs is 1. The molecule has 2 N–H and O–H groups in total. The van der Waals surface area contributed by atoms with Crippen LogP contribution in [0, 0.1) is 6.92 Å². The zero-order valence-electron chi connectivity index (χ0n) is 15.6. The summed E-state index contributed by atoms with van der Waals surface area (Å²) in [7, 11) is -2.13. The Bertz CT molecular complexity index is 1300. The number of aromatic hydroxyl groups is 1. The highest BCUT2D eigenvalue weighted by atomic mass is 32.2. The lowest BCUT2D eigenvalue weighted by atomic mass is 10.1. The molecular weight excluding hydrogens is 410 g/mol. The van der Waals surface area contributed by atoms with Gasteiger partial charge in [-0.3, -0.25) is 4.72 Å². The Morgan fingerprint density at radius 2 is 1.76 bits per heavy atom. The van der Waals surface area contributed by atoms with Crippen LogP contribution in [0.4, 0.5) is 5.69 Å². The first kappa shape index (κ1) is 19.2. The molecule has 0 aliphatic rings. The Hall–Kier alpha value is -3.11. The van der Waals surface area contributed by atoms with Crippen molar-refractivity contribution in [3.05, 3.63) is 60.2 Å². The molecule has 0 fully saturated rings. The molecule has 0 radical (unpaired) electrons. The second-order valence-electron chi connectivity index (χ2n) is 6.42. The molecule has 0 saturated carbocycles. The third-order valence-electron chi connectivity index (χ3n) is 4.34. The summed E-state index contributed by atoms with van der Waals surface area (Å²) in [4.78, 5) is 0.593. The number of aromatic nitrogens is 4. The van der Waals surface area contributed by atoms with Crippen molar-refractivity contribution in [2.75, 3.05) is 4.72 Å². The smallest absolute Gasteiger partial charge is 0.261 e. The van der Waals surface area contributed by atoms with E-state index in [2.05, 4.69) is 20.2 Å². The van der Waals surface area contributed by atoms with Crippen LogP contribution < -0.4 is 4.72 Å². The summed E-state index contributed by atoms with van der Waals surface area (Å²) in [6.07, 6.45) is 0. The Labute approximate surface area is 171 Å². The number of nitrogens with zero attached hydrogens (tertiary/aromatic N) is 4. The molecular formula is C19H17N5O3S2. The van der Waals surface area contributed by atoms with Crippen LogP contribution in [0.2, 0.25) is 0 Å². The SMILES string of the molecule is Cc1ccc(S(=O)(=O)Nc2cc(Sc3nnnn3C)c(O)c3ccccc23)cc1. The number of hydrogen-bond acceptors (Lipinski definition) is 7. The van der Waals surface area contributed by atoms with Crippen LogP contribution in [0.15, 0.2) is 69.5 Å². The average Bonchev–Trinajstić information content (AvgIpc) is 3.10. The van der Waals surface area contributed by atoms with E-state index < -0.39 is 10.0 Å². The zero-order valence-corrected chi connectivity index (χ0v) is 17.2. The predicted molar refractivity (Wildman–Crippen MR) is 111 cm³/mol. The fourth-order valence-corrected chi connectivity index (χ4v) is 4.72. The van der Waals surface area contributed by atoms with Gasteiger partial charge in [-0.25, -0.2) is 13.1 Å². The van der Waals surface area contributed by atoms with E-state index in [1.807, 2.05) is 6.92 Å². The third-order valence-corrected chi connectivity index (χ3v) is 6.78. The van der Waals surface area contributed by atoms with Gasteiger partial charge >= 0.3 is 0 Å². The number of phenols is 1. The number of aryl methyl sites for hydroxylation is 2. The molecule has 0 amide bonds. The fourth-order valence-electron chi connectivity index (χ4n) is 2.82. The van der Waals surface area contributed by atoms with E-state index in [4.69, 9.17) is 0 Å². The molecule has 8 nitrogen and oxygen atoms in total. The Morgan fingerprint density at radius 3 is 2.41 bits per heavy atom. The largest absolute Gasteiger partial charge is 0.506 e. The molecule has 1 heterocycles. The number of rotatable bonds is 5. The molecule has 29 heavy (non-hydrogen) atoms. The van der Waals surface area contributed by atoms with Crippen LogP contribution in [0.25, 0.3) is 10.8 Å². The summed E-state index contributed by atoms with van der Waals surface area (Å²) in [5.41, 5.74) is 1.33. The van der Waals surface area contributed by atoms with Crippen molar-refractivity contribution >= 4 is 38.2 Å². The second kappa shape index (κ2) is 7.37. The molecule has 0 saturated heterocycles. The van der Waals surface area contributed by atoms with Gasteiger partial charge in [-0.05, 0) is 47.3 Å². The number of phenolic OH excluding ortho intramolecular Hbond substituents is 1. The summed E-state index contributed by atoms with van der Waals surface area (Å²) >= 11 is 1.14. The van der Waals surface area contributed by atoms with Gasteiger partial charge in [0.15, 0.2) is 0 Å². The number of anilines is 1. The van der Waals surface area contributed by atoms with Crippen molar-refractivity contribution in [2.45, 2.75) is 21.9 Å². The van der Waals surface area contributed by atoms with Gasteiger partial charge in [0.25, 0.3) is 10.0 Å². The Kier molecular flexibility index (Phi) is 4.89. The summed E-state index contributed by atoms with van der Waals surface area (Å²) in [5, 5.41) is 23.6. The summed E-state index contributed by atoms with van der Waals surface area (Å²) in [6, 6.07) is 15.2. The zero-order chi connectivity index (χ0) is 20.6. The van der Waals surface area contributed by atoms with Gasteiger partial charge in [0.2, 0.25) is 5.16 Å². The van der Waals surface area contributed by atoms with Crippen molar-refractivity contribution in [3.63, 3.8) is 0 Å². The molecule has 0 unspecified atom stereocenters. The lowest BCUT2D eigenvalue weighted by molar-refractivity contribution is 0.469. The van der Waals surface area contributed by atoms with Crippen molar-refractivity contribution in [1.82, 2.24) is 20.2 Å². The lowest BCUT2D eigenvalue weighted by Gasteiger charge is -2.14. The maximum atomic E-state index is 12.9. The van der Waals surface area contributed by atoms with Crippen LogP contribution >= 0.6 is 11.8 Å². The van der Waals surface area contributed by atoms with E-state index >= 15 is 0 Å². The maximum absolute atomic E-state index is 12.9. The van der Waals surface area contributed by atoms with Crippen LogP contribution in [-0.2, 0) is 17.1 Å². The van der Waals surface area contributed by atoms with Crippen molar-refractivity contribution in [3.8, 4) is 5.75 Å². The summed E-state index contributed by atoms with van der Waals surface area (Å²) in [5.74, 6) is 0.0342. The highest BCUT2D eigenvalue weighted by molar-refractivity contribution is 7.99. The van der Waals surface area contributed by atoms with Gasteiger partial charge in [-0.15, -0.1) is 5.10 Å². The molecule has 0 bridgehead atoms. The summed E-state index contributed by atoms with van der Waals surface area (Å²) in [6.45, 7) is 1.89. The van der Waals surface area contributed by atoms with E-state index in [1.165, 1.54) is 4.68 Å². The van der Waals surface area contributed by atoms with E-state index in [0.29, 0.717) is 26.5 Å². The van der Waals surface area contributed by atoms with Crippen LogP contribution in [0.5, 0.6) is 5.75 Å². The minimum Gasteiger partial charge on any atom is -0.506 e. The van der Waals surface area contributed by atoms with E-state index in [0.717, 1.165) is 17.3 Å². The molecule has 0 aliphatic carbocycles. The highest BCUT2D eigenvalue weighted by Gasteiger charge is 2.19. The fraction of sp³-hybridized carbons (Fsp3) is 0.105. The molecule has 1 aromatic heterocycles. The maximum Gasteiger partial charge on any atom is 0.261 e. The standard InChI is InChI=1S/C19H17N5O3S2/c1-12-7-9-13(10-8-12)29(26,27)21-16-11-17(28-19-20-22-23-24(19)2)18(25)15-6-4-3-5-14(15)16/h3-11,21,25H,1-2H3. The van der Waals surface area contributed by atoms with Crippen molar-refractivity contribution < 1.29 is 13.5 Å². The number of tetrazole rings is 1. The van der Waals surface area contributed by atoms with Crippen LogP contribution in [0.3, 0.4) is 0 Å². The van der Waals surface area contributed by atoms with Gasteiger partial charge in [0.1, 0.15) is 5.75 Å². The van der Waals surface area contributed by atoms with Gasteiger partial charge in [0, 0.05) is 17.8 Å². The van der Waals surface area contributed by atoms with Crippen LogP contribution in [-0.4, -0.2) is 33.7 Å². The minimum atomic E-state index is -3.81. The van der Waals surface area contributed by atoms with E-state index in [1.54, 1.807) is 61.6 Å². The van der Waals surface area contributed by atoms with Gasteiger partial charge in [-0.2, -0.15) is 0 Å². The van der Waals surface area contributed by atoms with Gasteiger partial charge < -0.3 is 5.11 Å². The Balaban J connectivity index is 1.82. The quantitative estimate of drug-likeness (QED) is 0.470. The molecule has 0 aliphatic heterocycles. The molecule has 10 heteroatoms. The number of hydrogen-bond donors (Lipinski definition) is 2. The van der Waals surface area contributed by atoms with Crippen LogP contribution in [0.1, 0.15) is 5.56 Å². The van der Waals surface area contributed by atoms with Gasteiger partial charge in [-0.1, -0.05) is 42.0 Å². The first-order valence-electron chi connectivity index (χ1n) is 8.59. The predicted octanol–water partition coefficient (Wildman–Crippen LogP) is 3.33. The molecule has 4 aromatic rings. The number of nitrogens with one attached hydrogen (secondary N) is 1. The van der Waals surface area contributed by atoms with Gasteiger partial charge in [0.05, 0.1) is 15.5 Å². The molecule has 3 aromatic carbocycles. The minimum absolute atomic E-state index is 0.0342.